The number of hydrogen-bond acceptors (Lipinski definition) is 3. The predicted molar refractivity (Wildman–Crippen MR) is 80.0 cm³/mol. The molecule has 110 valence electrons. The number of rotatable bonds is 7. The van der Waals surface area contributed by atoms with Crippen molar-refractivity contribution in [2.24, 2.45) is 0 Å². The molecule has 0 radical (unpaired) electrons. The highest BCUT2D eigenvalue weighted by Gasteiger charge is 2.09. The fourth-order valence-electron chi connectivity index (χ4n) is 1.75. The number of halogens is 1. The fourth-order valence-corrected chi connectivity index (χ4v) is 1.88. The Hall–Kier alpha value is -2.04. The van der Waals surface area contributed by atoms with E-state index in [9.17, 15) is 4.79 Å². The summed E-state index contributed by atoms with van der Waals surface area (Å²) in [5.41, 5.74) is 1.17. The van der Waals surface area contributed by atoms with Crippen LogP contribution in [0.25, 0.3) is 0 Å². The molecule has 0 aliphatic carbocycles. The Morgan fingerprint density at radius 2 is 1.76 bits per heavy atom. The molecule has 2 aromatic rings. The predicted octanol–water partition coefficient (Wildman–Crippen LogP) is 3.63. The first-order chi connectivity index (χ1) is 10.2. The molecule has 0 heterocycles. The van der Waals surface area contributed by atoms with Gasteiger partial charge < -0.3 is 14.6 Å². The normalized spacial score (nSPS) is 10.3. The van der Waals surface area contributed by atoms with Crippen LogP contribution in [0.2, 0.25) is 5.02 Å². The van der Waals surface area contributed by atoms with Gasteiger partial charge in [0.05, 0.1) is 13.2 Å². The zero-order valence-corrected chi connectivity index (χ0v) is 12.0. The highest BCUT2D eigenvalue weighted by molar-refractivity contribution is 6.30. The molecular formula is C16H15ClO4. The maximum absolute atomic E-state index is 11.0. The molecule has 0 spiro atoms. The van der Waals surface area contributed by atoms with Crippen molar-refractivity contribution in [1.82, 2.24) is 0 Å². The number of ether oxygens (including phenoxy) is 2. The van der Waals surface area contributed by atoms with E-state index in [1.807, 2.05) is 12.1 Å². The van der Waals surface area contributed by atoms with Gasteiger partial charge in [-0.25, -0.2) is 4.79 Å². The number of aromatic carboxylic acids is 1. The molecule has 4 nitrogen and oxygen atoms in total. The molecular weight excluding hydrogens is 292 g/mol. The summed E-state index contributed by atoms with van der Waals surface area (Å²) >= 11 is 5.79. The fraction of sp³-hybridized carbons (Fsp3) is 0.188. The maximum Gasteiger partial charge on any atom is 0.339 e. The third kappa shape index (κ3) is 4.77. The minimum absolute atomic E-state index is 0.148. The number of carboxylic acids is 1. The van der Waals surface area contributed by atoms with Crippen molar-refractivity contribution in [3.63, 3.8) is 0 Å². The smallest absolute Gasteiger partial charge is 0.339 e. The van der Waals surface area contributed by atoms with Gasteiger partial charge in [0, 0.05) is 5.02 Å². The van der Waals surface area contributed by atoms with Crippen LogP contribution in [0.1, 0.15) is 15.9 Å². The number of carbonyl (C=O) groups is 1. The van der Waals surface area contributed by atoms with Crippen LogP contribution in [0.4, 0.5) is 0 Å². The van der Waals surface area contributed by atoms with E-state index in [0.29, 0.717) is 24.0 Å². The first-order valence-electron chi connectivity index (χ1n) is 6.44. The summed E-state index contributed by atoms with van der Waals surface area (Å²) in [6.45, 7) is 1.12. The first-order valence-corrected chi connectivity index (χ1v) is 6.82. The summed E-state index contributed by atoms with van der Waals surface area (Å²) in [7, 11) is 0. The van der Waals surface area contributed by atoms with E-state index in [1.54, 1.807) is 30.3 Å². The highest BCUT2D eigenvalue weighted by atomic mass is 35.5. The Labute approximate surface area is 127 Å². The molecule has 0 saturated carbocycles. The lowest BCUT2D eigenvalue weighted by Crippen LogP contribution is -2.09. The molecule has 0 atom stereocenters. The monoisotopic (exact) mass is 306 g/mol. The molecule has 5 heteroatoms. The van der Waals surface area contributed by atoms with Crippen LogP contribution < -0.4 is 4.74 Å². The summed E-state index contributed by atoms with van der Waals surface area (Å²) in [6.07, 6.45) is 0. The molecule has 2 rings (SSSR count). The van der Waals surface area contributed by atoms with Crippen molar-refractivity contribution in [3.8, 4) is 5.75 Å². The van der Waals surface area contributed by atoms with Gasteiger partial charge in [0.15, 0.2) is 0 Å². The summed E-state index contributed by atoms with van der Waals surface area (Å²) in [5.74, 6) is -0.659. The second-order valence-corrected chi connectivity index (χ2v) is 4.77. The third-order valence-electron chi connectivity index (χ3n) is 2.78. The topological polar surface area (TPSA) is 55.8 Å². The molecule has 2 aromatic carbocycles. The van der Waals surface area contributed by atoms with Crippen LogP contribution >= 0.6 is 11.6 Å². The van der Waals surface area contributed by atoms with Gasteiger partial charge in [0.25, 0.3) is 0 Å². The largest absolute Gasteiger partial charge is 0.490 e. The third-order valence-corrected chi connectivity index (χ3v) is 3.04. The van der Waals surface area contributed by atoms with Crippen LogP contribution in [-0.4, -0.2) is 24.3 Å². The quantitative estimate of drug-likeness (QED) is 0.794. The molecule has 0 bridgehead atoms. The SMILES string of the molecule is O=C(O)c1ccccc1OCCOCc1ccc(Cl)cc1. The van der Waals surface area contributed by atoms with Gasteiger partial charge in [-0.15, -0.1) is 0 Å². The van der Waals surface area contributed by atoms with Crippen molar-refractivity contribution in [2.75, 3.05) is 13.2 Å². The molecule has 0 unspecified atom stereocenters. The summed E-state index contributed by atoms with van der Waals surface area (Å²) < 4.78 is 10.9. The van der Waals surface area contributed by atoms with Crippen molar-refractivity contribution >= 4 is 17.6 Å². The van der Waals surface area contributed by atoms with Gasteiger partial charge in [0.2, 0.25) is 0 Å². The maximum atomic E-state index is 11.0. The molecule has 0 aliphatic heterocycles. The molecule has 1 N–H and O–H groups in total. The Morgan fingerprint density at radius 1 is 1.05 bits per heavy atom. The van der Waals surface area contributed by atoms with E-state index in [4.69, 9.17) is 26.2 Å². The average Bonchev–Trinajstić information content (AvgIpc) is 2.49. The van der Waals surface area contributed by atoms with Crippen molar-refractivity contribution in [2.45, 2.75) is 6.61 Å². The van der Waals surface area contributed by atoms with Gasteiger partial charge in [-0.2, -0.15) is 0 Å². The standard InChI is InChI=1S/C16H15ClO4/c17-13-7-5-12(6-8-13)11-20-9-10-21-15-4-2-1-3-14(15)16(18)19/h1-8H,9-11H2,(H,18,19). The van der Waals surface area contributed by atoms with Crippen LogP contribution in [0.15, 0.2) is 48.5 Å². The zero-order chi connectivity index (χ0) is 15.1. The number of carboxylic acid groups (broad SMARTS) is 1. The first kappa shape index (κ1) is 15.4. The van der Waals surface area contributed by atoms with Crippen LogP contribution in [0.3, 0.4) is 0 Å². The lowest BCUT2D eigenvalue weighted by Gasteiger charge is -2.09. The van der Waals surface area contributed by atoms with Gasteiger partial charge in [-0.3, -0.25) is 0 Å². The molecule has 21 heavy (non-hydrogen) atoms. The van der Waals surface area contributed by atoms with Gasteiger partial charge >= 0.3 is 5.97 Å². The Bertz CT molecular complexity index is 595. The molecule has 0 saturated heterocycles. The molecule has 0 aromatic heterocycles. The molecule has 0 aliphatic rings. The minimum Gasteiger partial charge on any atom is -0.490 e. The van der Waals surface area contributed by atoms with E-state index < -0.39 is 5.97 Å². The van der Waals surface area contributed by atoms with Gasteiger partial charge in [0.1, 0.15) is 17.9 Å². The average molecular weight is 307 g/mol. The summed E-state index contributed by atoms with van der Waals surface area (Å²) in [4.78, 5) is 11.0. The van der Waals surface area contributed by atoms with E-state index in [-0.39, 0.29) is 12.2 Å². The lowest BCUT2D eigenvalue weighted by molar-refractivity contribution is 0.0681. The van der Waals surface area contributed by atoms with Gasteiger partial charge in [-0.05, 0) is 29.8 Å². The molecule has 0 amide bonds. The van der Waals surface area contributed by atoms with Crippen LogP contribution in [0, 0.1) is 0 Å². The number of para-hydroxylation sites is 1. The summed E-state index contributed by atoms with van der Waals surface area (Å²) in [5, 5.41) is 9.70. The minimum atomic E-state index is -1.01. The second kappa shape index (κ2) is 7.67. The van der Waals surface area contributed by atoms with Crippen molar-refractivity contribution < 1.29 is 19.4 Å². The second-order valence-electron chi connectivity index (χ2n) is 4.33. The highest BCUT2D eigenvalue weighted by Crippen LogP contribution is 2.17. The van der Waals surface area contributed by atoms with E-state index in [2.05, 4.69) is 0 Å². The van der Waals surface area contributed by atoms with E-state index in [1.165, 1.54) is 6.07 Å². The van der Waals surface area contributed by atoms with Crippen molar-refractivity contribution in [3.05, 3.63) is 64.7 Å². The van der Waals surface area contributed by atoms with Gasteiger partial charge in [-0.1, -0.05) is 35.9 Å². The number of hydrogen-bond donors (Lipinski definition) is 1. The molecule has 0 fully saturated rings. The Morgan fingerprint density at radius 3 is 2.48 bits per heavy atom. The lowest BCUT2D eigenvalue weighted by atomic mass is 10.2. The Balaban J connectivity index is 1.75. The Kier molecular flexibility index (Phi) is 5.60. The van der Waals surface area contributed by atoms with Crippen LogP contribution in [-0.2, 0) is 11.3 Å². The van der Waals surface area contributed by atoms with E-state index in [0.717, 1.165) is 5.56 Å². The van der Waals surface area contributed by atoms with Crippen LogP contribution in [0.5, 0.6) is 5.75 Å². The number of benzene rings is 2. The van der Waals surface area contributed by atoms with Crippen molar-refractivity contribution in [1.29, 1.82) is 0 Å². The zero-order valence-electron chi connectivity index (χ0n) is 11.3. The van der Waals surface area contributed by atoms with E-state index >= 15 is 0 Å². The summed E-state index contributed by atoms with van der Waals surface area (Å²) in [6, 6.07) is 13.9.